The van der Waals surface area contributed by atoms with E-state index in [4.69, 9.17) is 13.6 Å². The zero-order valence-corrected chi connectivity index (χ0v) is 29.6. The topological polar surface area (TPSA) is 38.8 Å². The van der Waals surface area contributed by atoms with Crippen molar-refractivity contribution in [3.63, 3.8) is 0 Å². The van der Waals surface area contributed by atoms with Gasteiger partial charge in [-0.3, -0.25) is 0 Å². The molecule has 0 unspecified atom stereocenters. The summed E-state index contributed by atoms with van der Waals surface area (Å²) < 4.78 is 19.1. The lowest BCUT2D eigenvalue weighted by Gasteiger charge is -2.39. The first kappa shape index (κ1) is 30.2. The number of fused-ring (bicyclic) bond motifs is 13. The van der Waals surface area contributed by atoms with Gasteiger partial charge in [-0.2, -0.15) is 0 Å². The molecule has 0 atom stereocenters. The van der Waals surface area contributed by atoms with Gasteiger partial charge in [0.1, 0.15) is 34.5 Å². The first-order chi connectivity index (χ1) is 27.3. The minimum Gasteiger partial charge on any atom is -0.462 e. The third-order valence-electron chi connectivity index (χ3n) is 11.6. The molecule has 3 heterocycles. The molecule has 0 amide bonds. The van der Waals surface area contributed by atoms with E-state index >= 15 is 0 Å². The van der Waals surface area contributed by atoms with Crippen LogP contribution in [0.25, 0.3) is 55.2 Å². The highest BCUT2D eigenvalue weighted by Gasteiger charge is 2.51. The van der Waals surface area contributed by atoms with Crippen molar-refractivity contribution in [1.29, 1.82) is 0 Å². The molecule has 12 rings (SSSR count). The highest BCUT2D eigenvalue weighted by atomic mass is 16.5. The van der Waals surface area contributed by atoms with Crippen LogP contribution >= 0.6 is 0 Å². The maximum Gasteiger partial charge on any atom is 0.136 e. The molecule has 8 aromatic carbocycles. The second kappa shape index (κ2) is 11.3. The highest BCUT2D eigenvalue weighted by molar-refractivity contribution is 6.12. The smallest absolute Gasteiger partial charge is 0.136 e. The molecule has 0 fully saturated rings. The van der Waals surface area contributed by atoms with E-state index < -0.39 is 5.41 Å². The Kier molecular flexibility index (Phi) is 6.23. The zero-order chi connectivity index (χ0) is 36.1. The fourth-order valence-electron chi connectivity index (χ4n) is 9.35. The molecule has 0 N–H and O–H groups in total. The molecule has 4 nitrogen and oxygen atoms in total. The maximum atomic E-state index is 6.61. The van der Waals surface area contributed by atoms with Gasteiger partial charge in [-0.15, -0.1) is 0 Å². The normalized spacial score (nSPS) is 13.4. The van der Waals surface area contributed by atoms with Crippen molar-refractivity contribution in [2.75, 3.05) is 4.90 Å². The quantitative estimate of drug-likeness (QED) is 0.183. The summed E-state index contributed by atoms with van der Waals surface area (Å²) in [6.45, 7) is 0. The van der Waals surface area contributed by atoms with E-state index in [0.717, 1.165) is 83.7 Å². The van der Waals surface area contributed by atoms with Crippen LogP contribution in [0.2, 0.25) is 0 Å². The van der Waals surface area contributed by atoms with Gasteiger partial charge >= 0.3 is 0 Å². The van der Waals surface area contributed by atoms with Crippen LogP contribution < -0.4 is 9.64 Å². The average Bonchev–Trinajstić information content (AvgIpc) is 3.93. The van der Waals surface area contributed by atoms with Crippen LogP contribution in [0.1, 0.15) is 22.3 Å². The van der Waals surface area contributed by atoms with Crippen molar-refractivity contribution in [3.8, 4) is 33.8 Å². The summed E-state index contributed by atoms with van der Waals surface area (Å²) in [5.74, 6) is 1.76. The Morgan fingerprint density at radius 3 is 1.82 bits per heavy atom. The lowest BCUT2D eigenvalue weighted by Crippen LogP contribution is -2.32. The van der Waals surface area contributed by atoms with Gasteiger partial charge in [-0.1, -0.05) is 121 Å². The second-order valence-electron chi connectivity index (χ2n) is 14.4. The average molecular weight is 706 g/mol. The summed E-state index contributed by atoms with van der Waals surface area (Å²) in [4.78, 5) is 2.33. The van der Waals surface area contributed by atoms with Crippen LogP contribution in [0.4, 0.5) is 17.1 Å². The molecule has 10 aromatic rings. The molecule has 0 bridgehead atoms. The number of benzene rings is 8. The lowest BCUT2D eigenvalue weighted by atomic mass is 9.66. The Morgan fingerprint density at radius 1 is 0.418 bits per heavy atom. The number of ether oxygens (including phenoxy) is 1. The van der Waals surface area contributed by atoms with Crippen molar-refractivity contribution >= 4 is 50.0 Å². The van der Waals surface area contributed by atoms with E-state index in [9.17, 15) is 0 Å². The summed E-state index contributed by atoms with van der Waals surface area (Å²) in [5, 5.41) is 3.29. The van der Waals surface area contributed by atoms with Crippen molar-refractivity contribution in [3.05, 3.63) is 211 Å². The van der Waals surface area contributed by atoms with Crippen LogP contribution in [-0.2, 0) is 5.41 Å². The Labute approximate surface area is 317 Å². The first-order valence-corrected chi connectivity index (χ1v) is 18.7. The number of nitrogens with zero attached hydrogens (tertiary/aromatic N) is 1. The van der Waals surface area contributed by atoms with E-state index in [0.29, 0.717) is 0 Å². The highest BCUT2D eigenvalue weighted by Crippen LogP contribution is 2.62. The summed E-state index contributed by atoms with van der Waals surface area (Å²) in [5.41, 5.74) is 14.6. The number of hydrogen-bond acceptors (Lipinski definition) is 4. The predicted molar refractivity (Wildman–Crippen MR) is 221 cm³/mol. The Bertz CT molecular complexity index is 3100. The molecule has 0 saturated carbocycles. The standard InChI is InChI=1S/C51H31NO3/c1-4-16-40-36(12-1)37-29-28-34(30-43(37)51(40)41-17-5-9-21-47(41)55-48-22-10-6-18-42(48)51)52(44-31-53-45-19-7-2-13-38(44)45)33-26-24-32(25-27-33)35-15-11-23-49-50(35)39-14-3-8-20-46(39)54-49/h1-31H. The molecule has 1 aliphatic carbocycles. The molecule has 4 heteroatoms. The van der Waals surface area contributed by atoms with E-state index in [1.54, 1.807) is 0 Å². The molecule has 258 valence electrons. The van der Waals surface area contributed by atoms with Crippen LogP contribution in [-0.4, -0.2) is 0 Å². The van der Waals surface area contributed by atoms with Crippen LogP contribution in [0.3, 0.4) is 0 Å². The van der Waals surface area contributed by atoms with E-state index in [2.05, 4.69) is 157 Å². The Hall–Kier alpha value is -7.30. The fourth-order valence-corrected chi connectivity index (χ4v) is 9.35. The van der Waals surface area contributed by atoms with Gasteiger partial charge in [0.05, 0.1) is 11.1 Å². The Balaban J connectivity index is 1.09. The molecule has 0 radical (unpaired) electrons. The molecule has 2 aromatic heterocycles. The number of anilines is 3. The van der Waals surface area contributed by atoms with Gasteiger partial charge in [-0.05, 0) is 94.0 Å². The molecule has 0 saturated heterocycles. The van der Waals surface area contributed by atoms with Gasteiger partial charge < -0.3 is 18.5 Å². The number of para-hydroxylation sites is 4. The lowest BCUT2D eigenvalue weighted by molar-refractivity contribution is 0.436. The fraction of sp³-hybridized carbons (Fsp3) is 0.0196. The molecule has 1 spiro atoms. The van der Waals surface area contributed by atoms with Crippen LogP contribution in [0.5, 0.6) is 11.5 Å². The second-order valence-corrected chi connectivity index (χ2v) is 14.4. The van der Waals surface area contributed by atoms with E-state index in [-0.39, 0.29) is 0 Å². The number of rotatable bonds is 4. The minimum absolute atomic E-state index is 0.576. The van der Waals surface area contributed by atoms with Gasteiger partial charge in [0, 0.05) is 38.7 Å². The summed E-state index contributed by atoms with van der Waals surface area (Å²) in [6.07, 6.45) is 1.88. The third-order valence-corrected chi connectivity index (χ3v) is 11.6. The van der Waals surface area contributed by atoms with Crippen LogP contribution in [0.15, 0.2) is 197 Å². The first-order valence-electron chi connectivity index (χ1n) is 18.7. The number of hydrogen-bond donors (Lipinski definition) is 0. The van der Waals surface area contributed by atoms with Crippen LogP contribution in [0, 0.1) is 0 Å². The van der Waals surface area contributed by atoms with Gasteiger partial charge in [0.15, 0.2) is 0 Å². The van der Waals surface area contributed by atoms with E-state index in [1.807, 2.05) is 36.6 Å². The van der Waals surface area contributed by atoms with Gasteiger partial charge in [-0.25, -0.2) is 0 Å². The third kappa shape index (κ3) is 4.16. The SMILES string of the molecule is c1ccc2c(c1)Oc1ccccc1C21c2ccccc2-c2ccc(N(c3ccc(-c4cccc5oc6ccccc6c45)cc3)c3coc4ccccc34)cc21. The summed E-state index contributed by atoms with van der Waals surface area (Å²) >= 11 is 0. The zero-order valence-electron chi connectivity index (χ0n) is 29.6. The van der Waals surface area contributed by atoms with Crippen molar-refractivity contribution in [1.82, 2.24) is 0 Å². The van der Waals surface area contributed by atoms with Crippen molar-refractivity contribution in [2.45, 2.75) is 5.41 Å². The van der Waals surface area contributed by atoms with Crippen molar-refractivity contribution in [2.24, 2.45) is 0 Å². The largest absolute Gasteiger partial charge is 0.462 e. The van der Waals surface area contributed by atoms with Crippen molar-refractivity contribution < 1.29 is 13.6 Å². The van der Waals surface area contributed by atoms with Gasteiger partial charge in [0.25, 0.3) is 0 Å². The summed E-state index contributed by atoms with van der Waals surface area (Å²) in [7, 11) is 0. The summed E-state index contributed by atoms with van der Waals surface area (Å²) in [6, 6.07) is 64.5. The maximum absolute atomic E-state index is 6.61. The molecular weight excluding hydrogens is 675 g/mol. The van der Waals surface area contributed by atoms with Gasteiger partial charge in [0.2, 0.25) is 0 Å². The number of furan rings is 2. The molecule has 2 aliphatic rings. The molecule has 55 heavy (non-hydrogen) atoms. The monoisotopic (exact) mass is 705 g/mol. The molecular formula is C51H31NO3. The predicted octanol–water partition coefficient (Wildman–Crippen LogP) is 13.9. The Morgan fingerprint density at radius 2 is 1.02 bits per heavy atom. The minimum atomic E-state index is -0.576. The molecule has 1 aliphatic heterocycles. The van der Waals surface area contributed by atoms with E-state index in [1.165, 1.54) is 22.3 Å².